The van der Waals surface area contributed by atoms with Crippen LogP contribution in [-0.2, 0) is 13.6 Å². The summed E-state index contributed by atoms with van der Waals surface area (Å²) in [6, 6.07) is 0. The third-order valence-electron chi connectivity index (χ3n) is 1.38. The summed E-state index contributed by atoms with van der Waals surface area (Å²) in [5, 5.41) is 0. The van der Waals surface area contributed by atoms with Crippen molar-refractivity contribution < 1.29 is 13.6 Å². The van der Waals surface area contributed by atoms with Crippen molar-refractivity contribution in [2.24, 2.45) is 0 Å². The van der Waals surface area contributed by atoms with Crippen LogP contribution in [-0.4, -0.2) is 24.4 Å². The van der Waals surface area contributed by atoms with Gasteiger partial charge in [0.05, 0.1) is 0 Å². The number of rotatable bonds is 5. The van der Waals surface area contributed by atoms with Crippen molar-refractivity contribution in [2.45, 2.75) is 6.41 Å². The summed E-state index contributed by atoms with van der Waals surface area (Å²) in [4.78, 5) is 1.82. The normalized spacial score (nSPS) is 25.1. The van der Waals surface area contributed by atoms with Gasteiger partial charge in [-0.3, -0.25) is 0 Å². The van der Waals surface area contributed by atoms with E-state index in [0.29, 0.717) is 13.1 Å². The fourth-order valence-corrected chi connectivity index (χ4v) is 1.44. The molecule has 1 aliphatic heterocycles. The highest BCUT2D eigenvalue weighted by atomic mass is 31.1. The molecule has 0 aromatic carbocycles. The van der Waals surface area contributed by atoms with Crippen molar-refractivity contribution in [3.63, 3.8) is 0 Å². The quantitative estimate of drug-likeness (QED) is 0.485. The number of hydrogen-bond donors (Lipinski definition) is 0. The molecule has 0 unspecified atom stereocenters. The van der Waals surface area contributed by atoms with Crippen LogP contribution in [0.2, 0.25) is 0 Å². The van der Waals surface area contributed by atoms with E-state index in [1.807, 2.05) is 4.90 Å². The van der Waals surface area contributed by atoms with E-state index in [2.05, 4.69) is 13.2 Å². The Labute approximate surface area is 72.4 Å². The third-order valence-corrected chi connectivity index (χ3v) is 2.08. The zero-order chi connectivity index (χ0) is 8.97. The predicted octanol–water partition coefficient (Wildman–Crippen LogP) is 1.65. The molecule has 0 atom stereocenters. The van der Waals surface area contributed by atoms with Gasteiger partial charge in [-0.1, -0.05) is 21.2 Å². The molecule has 1 rings (SSSR count). The Hall–Kier alpha value is -0.540. The lowest BCUT2D eigenvalue weighted by atomic mass is 10.5. The van der Waals surface area contributed by atoms with E-state index in [9.17, 15) is 4.57 Å². The van der Waals surface area contributed by atoms with Crippen LogP contribution in [0.15, 0.2) is 25.3 Å². The van der Waals surface area contributed by atoms with Crippen LogP contribution in [0.25, 0.3) is 0 Å². The van der Waals surface area contributed by atoms with Gasteiger partial charge in [0.1, 0.15) is 0 Å². The number of hydrogen-bond acceptors (Lipinski definition) is 4. The Morgan fingerprint density at radius 2 is 1.83 bits per heavy atom. The van der Waals surface area contributed by atoms with Crippen LogP contribution in [0.1, 0.15) is 0 Å². The van der Waals surface area contributed by atoms with Gasteiger partial charge in [-0.15, -0.1) is 13.2 Å². The second kappa shape index (κ2) is 4.48. The lowest BCUT2D eigenvalue weighted by Crippen LogP contribution is -2.41. The van der Waals surface area contributed by atoms with Crippen molar-refractivity contribution in [2.75, 3.05) is 13.1 Å². The van der Waals surface area contributed by atoms with E-state index in [1.165, 1.54) is 0 Å². The average molecular weight is 188 g/mol. The molecule has 1 saturated heterocycles. The minimum atomic E-state index is -1.87. The molecule has 0 aromatic heterocycles. The Morgan fingerprint density at radius 3 is 2.17 bits per heavy atom. The predicted molar refractivity (Wildman–Crippen MR) is 45.5 cm³/mol. The minimum absolute atomic E-state index is 0.496. The Bertz CT molecular complexity index is 189. The summed E-state index contributed by atoms with van der Waals surface area (Å²) in [6.45, 7) is 8.41. The smallest absolute Gasteiger partial charge is 0.240 e. The first-order valence-corrected chi connectivity index (χ1v) is 4.64. The molecular formula is C7H11NO3P+. The molecule has 0 amide bonds. The zero-order valence-corrected chi connectivity index (χ0v) is 7.57. The summed E-state index contributed by atoms with van der Waals surface area (Å²) in [5.74, 6) is 0. The molecule has 0 aliphatic carbocycles. The summed E-state index contributed by atoms with van der Waals surface area (Å²) in [6.07, 6.45) is 2.95. The molecule has 0 saturated carbocycles. The van der Waals surface area contributed by atoms with Crippen molar-refractivity contribution >= 4 is 8.25 Å². The summed E-state index contributed by atoms with van der Waals surface area (Å²) in [7, 11) is -1.87. The standard InChI is InChI=1S/C7H11NO3P/c1-3-5-8(6-4-2)7-10-12(9)11-7/h3-4,7H,1-2,5-6H2/q+1. The highest BCUT2D eigenvalue weighted by Gasteiger charge is 2.48. The molecule has 1 fully saturated rings. The van der Waals surface area contributed by atoms with Crippen molar-refractivity contribution in [1.82, 2.24) is 4.90 Å². The lowest BCUT2D eigenvalue weighted by molar-refractivity contribution is -0.171. The highest BCUT2D eigenvalue weighted by molar-refractivity contribution is 7.34. The van der Waals surface area contributed by atoms with Gasteiger partial charge in [-0.05, 0) is 0 Å². The fraction of sp³-hybridized carbons (Fsp3) is 0.429. The molecule has 0 aromatic rings. The maximum atomic E-state index is 10.4. The van der Waals surface area contributed by atoms with Gasteiger partial charge in [-0.2, -0.15) is 0 Å². The van der Waals surface area contributed by atoms with Gasteiger partial charge in [0, 0.05) is 17.7 Å². The van der Waals surface area contributed by atoms with Crippen LogP contribution in [0.3, 0.4) is 0 Å². The van der Waals surface area contributed by atoms with E-state index < -0.39 is 14.7 Å². The monoisotopic (exact) mass is 188 g/mol. The van der Waals surface area contributed by atoms with Crippen LogP contribution < -0.4 is 0 Å². The second-order valence-electron chi connectivity index (χ2n) is 2.27. The van der Waals surface area contributed by atoms with E-state index in [4.69, 9.17) is 9.05 Å². The van der Waals surface area contributed by atoms with E-state index in [0.717, 1.165) is 0 Å². The first-order valence-electron chi connectivity index (χ1n) is 3.54. The molecule has 0 spiro atoms. The molecule has 5 heteroatoms. The van der Waals surface area contributed by atoms with Crippen LogP contribution in [0, 0.1) is 0 Å². The van der Waals surface area contributed by atoms with Crippen LogP contribution >= 0.6 is 8.25 Å². The largest absolute Gasteiger partial charge is 0.706 e. The first-order chi connectivity index (χ1) is 5.77. The van der Waals surface area contributed by atoms with Crippen LogP contribution in [0.4, 0.5) is 0 Å². The molecular weight excluding hydrogens is 177 g/mol. The molecule has 0 bridgehead atoms. The van der Waals surface area contributed by atoms with E-state index in [-0.39, 0.29) is 0 Å². The van der Waals surface area contributed by atoms with Gasteiger partial charge in [0.25, 0.3) is 0 Å². The molecule has 66 valence electrons. The van der Waals surface area contributed by atoms with Crippen molar-refractivity contribution in [3.8, 4) is 0 Å². The molecule has 4 nitrogen and oxygen atoms in total. The summed E-state index contributed by atoms with van der Waals surface area (Å²) >= 11 is 0. The minimum Gasteiger partial charge on any atom is -0.240 e. The lowest BCUT2D eigenvalue weighted by Gasteiger charge is -2.24. The second-order valence-corrected chi connectivity index (χ2v) is 3.14. The average Bonchev–Trinajstić information content (AvgIpc) is 1.99. The third kappa shape index (κ3) is 2.22. The molecule has 12 heavy (non-hydrogen) atoms. The van der Waals surface area contributed by atoms with Crippen molar-refractivity contribution in [1.29, 1.82) is 0 Å². The first kappa shape index (κ1) is 9.55. The summed E-state index contributed by atoms with van der Waals surface area (Å²) in [5.41, 5.74) is 0. The zero-order valence-electron chi connectivity index (χ0n) is 6.68. The fourth-order valence-electron chi connectivity index (χ4n) is 0.867. The van der Waals surface area contributed by atoms with Gasteiger partial charge in [0.2, 0.25) is 0 Å². The van der Waals surface area contributed by atoms with Gasteiger partial charge in [-0.25, -0.2) is 4.90 Å². The van der Waals surface area contributed by atoms with Crippen LogP contribution in [0.5, 0.6) is 0 Å². The van der Waals surface area contributed by atoms with E-state index in [1.54, 1.807) is 12.2 Å². The van der Waals surface area contributed by atoms with Gasteiger partial charge in [0.15, 0.2) is 0 Å². The van der Waals surface area contributed by atoms with Crippen molar-refractivity contribution in [3.05, 3.63) is 25.3 Å². The molecule has 0 radical (unpaired) electrons. The summed E-state index contributed by atoms with van der Waals surface area (Å²) < 4.78 is 20.1. The van der Waals surface area contributed by atoms with E-state index >= 15 is 0 Å². The highest BCUT2D eigenvalue weighted by Crippen LogP contribution is 2.41. The number of nitrogens with zero attached hydrogens (tertiary/aromatic N) is 1. The molecule has 0 N–H and O–H groups in total. The maximum absolute atomic E-state index is 10.4. The molecule has 1 aliphatic rings. The Kier molecular flexibility index (Phi) is 3.56. The topological polar surface area (TPSA) is 38.8 Å². The van der Waals surface area contributed by atoms with Gasteiger partial charge >= 0.3 is 14.7 Å². The maximum Gasteiger partial charge on any atom is 0.706 e. The molecule has 1 heterocycles. The van der Waals surface area contributed by atoms with Gasteiger partial charge < -0.3 is 0 Å². The Balaban J connectivity index is 2.36. The Morgan fingerprint density at radius 1 is 1.33 bits per heavy atom. The SMILES string of the molecule is C=CCN(CC=C)C1O[P+](=O)O1.